The largest absolute Gasteiger partial charge is 0.411 e. The van der Waals surface area contributed by atoms with Crippen molar-refractivity contribution in [1.29, 1.82) is 0 Å². The summed E-state index contributed by atoms with van der Waals surface area (Å²) in [5.74, 6) is -0.449. The molecule has 2 aliphatic rings. The molecule has 0 amide bonds. The van der Waals surface area contributed by atoms with Crippen LogP contribution in [0.4, 0.5) is 0 Å². The zero-order valence-corrected chi connectivity index (χ0v) is 14.9. The van der Waals surface area contributed by atoms with Gasteiger partial charge in [0, 0.05) is 12.5 Å². The van der Waals surface area contributed by atoms with Crippen molar-refractivity contribution >= 4 is 8.32 Å². The van der Waals surface area contributed by atoms with Crippen LogP contribution < -0.4 is 0 Å². The van der Waals surface area contributed by atoms with E-state index >= 15 is 0 Å². The molecule has 1 saturated carbocycles. The molecule has 1 aliphatic heterocycles. The molecule has 1 heterocycles. The first-order chi connectivity index (χ1) is 8.97. The third-order valence-corrected chi connectivity index (χ3v) is 9.52. The molecule has 118 valence electrons. The molecule has 0 radical (unpaired) electrons. The highest BCUT2D eigenvalue weighted by Gasteiger charge is 2.56. The average Bonchev–Trinajstić information content (AvgIpc) is 2.71. The molecule has 1 saturated heterocycles. The van der Waals surface area contributed by atoms with Crippen molar-refractivity contribution in [2.45, 2.75) is 83.3 Å². The first-order valence-electron chi connectivity index (χ1n) is 7.61. The second-order valence-corrected chi connectivity index (χ2v) is 12.9. The highest BCUT2D eigenvalue weighted by molar-refractivity contribution is 6.74. The van der Waals surface area contributed by atoms with Gasteiger partial charge in [0.15, 0.2) is 14.1 Å². The van der Waals surface area contributed by atoms with Gasteiger partial charge in [0.2, 0.25) is 0 Å². The van der Waals surface area contributed by atoms with Crippen molar-refractivity contribution in [1.82, 2.24) is 0 Å². The van der Waals surface area contributed by atoms with E-state index in [0.29, 0.717) is 0 Å². The zero-order chi connectivity index (χ0) is 15.3. The van der Waals surface area contributed by atoms with Crippen LogP contribution in [0.2, 0.25) is 18.1 Å². The maximum atomic E-state index is 9.58. The molecule has 0 bridgehead atoms. The predicted molar refractivity (Wildman–Crippen MR) is 81.1 cm³/mol. The van der Waals surface area contributed by atoms with Crippen molar-refractivity contribution in [2.75, 3.05) is 6.61 Å². The van der Waals surface area contributed by atoms with Gasteiger partial charge in [-0.3, -0.25) is 0 Å². The van der Waals surface area contributed by atoms with Gasteiger partial charge in [0.05, 0.1) is 12.2 Å². The van der Waals surface area contributed by atoms with Crippen molar-refractivity contribution < 1.29 is 19.0 Å². The first kappa shape index (κ1) is 16.4. The van der Waals surface area contributed by atoms with E-state index in [0.717, 1.165) is 6.42 Å². The molecule has 4 atom stereocenters. The summed E-state index contributed by atoms with van der Waals surface area (Å²) in [6.07, 6.45) is 0.787. The molecule has 2 fully saturated rings. The highest BCUT2D eigenvalue weighted by atomic mass is 28.4. The van der Waals surface area contributed by atoms with Gasteiger partial charge < -0.3 is 19.0 Å². The summed E-state index contributed by atoms with van der Waals surface area (Å²) in [6, 6.07) is 0. The summed E-state index contributed by atoms with van der Waals surface area (Å²) in [4.78, 5) is 0. The molecule has 0 aromatic heterocycles. The second-order valence-electron chi connectivity index (χ2n) is 8.16. The van der Waals surface area contributed by atoms with Crippen molar-refractivity contribution in [2.24, 2.45) is 5.92 Å². The van der Waals surface area contributed by atoms with Crippen molar-refractivity contribution in [3.8, 4) is 0 Å². The Kier molecular flexibility index (Phi) is 4.15. The van der Waals surface area contributed by atoms with Crippen LogP contribution in [-0.4, -0.2) is 44.1 Å². The van der Waals surface area contributed by atoms with E-state index in [1.54, 1.807) is 0 Å². The van der Waals surface area contributed by atoms with Crippen LogP contribution in [-0.2, 0) is 13.9 Å². The van der Waals surface area contributed by atoms with E-state index in [1.165, 1.54) is 0 Å². The lowest BCUT2D eigenvalue weighted by atomic mass is 10.1. The molecule has 1 aliphatic carbocycles. The summed E-state index contributed by atoms with van der Waals surface area (Å²) in [7, 11) is -1.84. The lowest BCUT2D eigenvalue weighted by Crippen LogP contribution is -2.46. The fraction of sp³-hybridized carbons (Fsp3) is 1.00. The summed E-state index contributed by atoms with van der Waals surface area (Å²) in [5, 5.41) is 9.75. The highest BCUT2D eigenvalue weighted by Crippen LogP contribution is 2.46. The molecule has 0 spiro atoms. The predicted octanol–water partition coefficient (Wildman–Crippen LogP) is 2.91. The standard InChI is InChI=1S/C15H30O4Si/c1-14(2,3)20(6,7)19-11-8-10(9-16)12-13(11)18-15(4,5)17-12/h10-13,16H,8-9H2,1-7H3/t10-,11+,12-,13-/m1/s1. The number of rotatable bonds is 3. The van der Waals surface area contributed by atoms with Gasteiger partial charge in [-0.25, -0.2) is 0 Å². The molecule has 0 aromatic carbocycles. The number of aliphatic hydroxyl groups excluding tert-OH is 1. The number of hydrogen-bond donors (Lipinski definition) is 1. The molecule has 4 nitrogen and oxygen atoms in total. The fourth-order valence-electron chi connectivity index (χ4n) is 2.88. The Morgan fingerprint density at radius 2 is 1.75 bits per heavy atom. The Balaban J connectivity index is 2.14. The van der Waals surface area contributed by atoms with Gasteiger partial charge in [0.25, 0.3) is 0 Å². The normalized spacial score (nSPS) is 37.2. The fourth-order valence-corrected chi connectivity index (χ4v) is 4.23. The topological polar surface area (TPSA) is 47.9 Å². The molecule has 1 N–H and O–H groups in total. The maximum Gasteiger partial charge on any atom is 0.192 e. The lowest BCUT2D eigenvalue weighted by molar-refractivity contribution is -0.166. The Hall–Kier alpha value is 0.0569. The van der Waals surface area contributed by atoms with E-state index in [9.17, 15) is 5.11 Å². The number of hydrogen-bond acceptors (Lipinski definition) is 4. The van der Waals surface area contributed by atoms with Gasteiger partial charge in [-0.2, -0.15) is 0 Å². The van der Waals surface area contributed by atoms with Crippen molar-refractivity contribution in [3.63, 3.8) is 0 Å². The average molecular weight is 302 g/mol. The maximum absolute atomic E-state index is 9.58. The molecular weight excluding hydrogens is 272 g/mol. The minimum atomic E-state index is -1.84. The van der Waals surface area contributed by atoms with E-state index < -0.39 is 14.1 Å². The number of fused-ring (bicyclic) bond motifs is 1. The molecule has 5 heteroatoms. The summed E-state index contributed by atoms with van der Waals surface area (Å²) in [5.41, 5.74) is 0. The van der Waals surface area contributed by atoms with Crippen molar-refractivity contribution in [3.05, 3.63) is 0 Å². The van der Waals surface area contributed by atoms with Gasteiger partial charge in [-0.05, 0) is 38.4 Å². The van der Waals surface area contributed by atoms with E-state index in [4.69, 9.17) is 13.9 Å². The summed E-state index contributed by atoms with van der Waals surface area (Å²) < 4.78 is 18.5. The van der Waals surface area contributed by atoms with Crippen LogP contribution in [0.15, 0.2) is 0 Å². The first-order valence-corrected chi connectivity index (χ1v) is 10.5. The van der Waals surface area contributed by atoms with E-state index in [2.05, 4.69) is 33.9 Å². The van der Waals surface area contributed by atoms with Crippen LogP contribution in [0, 0.1) is 5.92 Å². The van der Waals surface area contributed by atoms with Crippen LogP contribution in [0.25, 0.3) is 0 Å². The SMILES string of the molecule is CC1(C)O[C@@H]2[C@@H](CO)C[C@H](O[Si](C)(C)C(C)(C)C)[C@H]2O1. The van der Waals surface area contributed by atoms with Crippen LogP contribution in [0.3, 0.4) is 0 Å². The molecular formula is C15H30O4Si. The Morgan fingerprint density at radius 3 is 2.25 bits per heavy atom. The Bertz CT molecular complexity index is 361. The molecule has 20 heavy (non-hydrogen) atoms. The molecule has 2 rings (SSSR count). The van der Waals surface area contributed by atoms with Gasteiger partial charge >= 0.3 is 0 Å². The van der Waals surface area contributed by atoms with Gasteiger partial charge in [-0.1, -0.05) is 20.8 Å². The lowest BCUT2D eigenvalue weighted by Gasteiger charge is -2.39. The van der Waals surface area contributed by atoms with E-state index in [-0.39, 0.29) is 35.9 Å². The minimum absolute atomic E-state index is 0.0373. The Morgan fingerprint density at radius 1 is 1.20 bits per heavy atom. The quantitative estimate of drug-likeness (QED) is 0.814. The second kappa shape index (κ2) is 5.06. The third kappa shape index (κ3) is 2.97. The van der Waals surface area contributed by atoms with E-state index in [1.807, 2.05) is 13.8 Å². The minimum Gasteiger partial charge on any atom is -0.411 e. The van der Waals surface area contributed by atoms with Crippen LogP contribution >= 0.6 is 0 Å². The summed E-state index contributed by atoms with van der Waals surface area (Å²) >= 11 is 0. The van der Waals surface area contributed by atoms with Crippen LogP contribution in [0.1, 0.15) is 41.0 Å². The molecule has 0 aromatic rings. The zero-order valence-electron chi connectivity index (χ0n) is 13.9. The Labute approximate surface area is 123 Å². The summed E-state index contributed by atoms with van der Waals surface area (Å²) in [6.45, 7) is 15.2. The van der Waals surface area contributed by atoms with Gasteiger partial charge in [-0.15, -0.1) is 0 Å². The molecule has 0 unspecified atom stereocenters. The smallest absolute Gasteiger partial charge is 0.192 e. The monoisotopic (exact) mass is 302 g/mol. The number of aliphatic hydroxyl groups is 1. The third-order valence-electron chi connectivity index (χ3n) is 5.02. The number of ether oxygens (including phenoxy) is 2. The van der Waals surface area contributed by atoms with Crippen LogP contribution in [0.5, 0.6) is 0 Å². The van der Waals surface area contributed by atoms with Gasteiger partial charge in [0.1, 0.15) is 6.10 Å².